The van der Waals surface area contributed by atoms with E-state index in [1.165, 1.54) is 17.4 Å². The van der Waals surface area contributed by atoms with Gasteiger partial charge < -0.3 is 15.0 Å². The van der Waals surface area contributed by atoms with Crippen LogP contribution in [-0.4, -0.2) is 56.9 Å². The topological polar surface area (TPSA) is 84.4 Å². The molecule has 2 aliphatic heterocycles. The fraction of sp³-hybridized carbons (Fsp3) is 0.440. The third kappa shape index (κ3) is 4.74. The van der Waals surface area contributed by atoms with Gasteiger partial charge in [-0.05, 0) is 55.5 Å². The number of hydrogen-bond donors (Lipinski definition) is 1. The maximum atomic E-state index is 12.0. The highest BCUT2D eigenvalue weighted by molar-refractivity contribution is 7.90. The van der Waals surface area contributed by atoms with Crippen molar-refractivity contribution in [3.05, 3.63) is 59.3 Å². The summed E-state index contributed by atoms with van der Waals surface area (Å²) >= 11 is 0. The number of benzene rings is 2. The molecule has 5 rings (SSSR count). The molecule has 8 heteroatoms. The van der Waals surface area contributed by atoms with Crippen LogP contribution in [0.15, 0.2) is 47.4 Å². The first kappa shape index (κ1) is 22.3. The van der Waals surface area contributed by atoms with Crippen molar-refractivity contribution in [2.24, 2.45) is 0 Å². The highest BCUT2D eigenvalue weighted by Gasteiger charge is 2.25. The number of nitrogens with one attached hydrogen (secondary N) is 1. The van der Waals surface area contributed by atoms with Gasteiger partial charge in [-0.15, -0.1) is 0 Å². The Balaban J connectivity index is 1.24. The Hall–Kier alpha value is -2.55. The normalized spacial score (nSPS) is 19.6. The summed E-state index contributed by atoms with van der Waals surface area (Å²) in [7, 11) is -3.28. The molecule has 1 atom stereocenters. The summed E-state index contributed by atoms with van der Waals surface area (Å²) in [6.45, 7) is 5.26. The van der Waals surface area contributed by atoms with Crippen LogP contribution in [-0.2, 0) is 21.0 Å². The van der Waals surface area contributed by atoms with Gasteiger partial charge in [-0.1, -0.05) is 24.3 Å². The summed E-state index contributed by atoms with van der Waals surface area (Å²) in [5, 5.41) is 4.59. The molecule has 0 spiro atoms. The van der Waals surface area contributed by atoms with Gasteiger partial charge in [0.05, 0.1) is 28.8 Å². The molecule has 0 aliphatic carbocycles. The number of aryl methyl sites for hydroxylation is 1. The number of sulfone groups is 1. The van der Waals surface area contributed by atoms with Crippen molar-refractivity contribution in [1.29, 1.82) is 0 Å². The molecule has 3 heterocycles. The maximum absolute atomic E-state index is 12.0. The molecule has 1 unspecified atom stereocenters. The highest BCUT2D eigenvalue weighted by Crippen LogP contribution is 2.27. The van der Waals surface area contributed by atoms with Crippen LogP contribution in [0.1, 0.15) is 35.8 Å². The summed E-state index contributed by atoms with van der Waals surface area (Å²) in [6.07, 6.45) is 4.32. The molecular formula is C25H30N4O3S. The second kappa shape index (κ2) is 9.00. The first-order chi connectivity index (χ1) is 15.9. The summed E-state index contributed by atoms with van der Waals surface area (Å²) in [5.74, 6) is 0.675. The van der Waals surface area contributed by atoms with Gasteiger partial charge in [0.1, 0.15) is 0 Å². The number of piperidine rings is 1. The summed E-state index contributed by atoms with van der Waals surface area (Å²) < 4.78 is 30.0. The van der Waals surface area contributed by atoms with E-state index in [0.29, 0.717) is 17.5 Å². The van der Waals surface area contributed by atoms with Gasteiger partial charge in [0.2, 0.25) is 5.95 Å². The zero-order valence-electron chi connectivity index (χ0n) is 19.1. The maximum Gasteiger partial charge on any atom is 0.226 e. The van der Waals surface area contributed by atoms with Gasteiger partial charge in [-0.3, -0.25) is 0 Å². The Morgan fingerprint density at radius 2 is 1.91 bits per heavy atom. The molecule has 0 radical (unpaired) electrons. The van der Waals surface area contributed by atoms with E-state index in [-0.39, 0.29) is 11.0 Å². The van der Waals surface area contributed by atoms with Crippen molar-refractivity contribution in [3.63, 3.8) is 0 Å². The van der Waals surface area contributed by atoms with Crippen LogP contribution in [0.5, 0.6) is 0 Å². The van der Waals surface area contributed by atoms with Crippen LogP contribution in [0.3, 0.4) is 0 Å². The van der Waals surface area contributed by atoms with Crippen LogP contribution in [0.4, 0.5) is 5.95 Å². The Bertz CT molecular complexity index is 1270. The largest absolute Gasteiger partial charge is 0.372 e. The van der Waals surface area contributed by atoms with Crippen molar-refractivity contribution in [2.45, 2.75) is 43.2 Å². The van der Waals surface area contributed by atoms with Crippen molar-refractivity contribution >= 4 is 26.7 Å². The van der Waals surface area contributed by atoms with Gasteiger partial charge in [0.25, 0.3) is 0 Å². The molecule has 0 amide bonds. The Labute approximate surface area is 195 Å². The summed E-state index contributed by atoms with van der Waals surface area (Å²) in [4.78, 5) is 11.9. The van der Waals surface area contributed by atoms with E-state index in [4.69, 9.17) is 14.7 Å². The fourth-order valence-electron chi connectivity index (χ4n) is 4.83. The molecule has 33 heavy (non-hydrogen) atoms. The predicted octanol–water partition coefficient (Wildman–Crippen LogP) is 3.21. The number of hydrogen-bond acceptors (Lipinski definition) is 7. The smallest absolute Gasteiger partial charge is 0.226 e. The Morgan fingerprint density at radius 1 is 1.12 bits per heavy atom. The van der Waals surface area contributed by atoms with E-state index in [9.17, 15) is 8.42 Å². The number of rotatable bonds is 5. The van der Waals surface area contributed by atoms with E-state index in [1.807, 2.05) is 6.92 Å². The average Bonchev–Trinajstić information content (AvgIpc) is 2.82. The van der Waals surface area contributed by atoms with Crippen LogP contribution in [0.2, 0.25) is 0 Å². The van der Waals surface area contributed by atoms with Gasteiger partial charge in [0.15, 0.2) is 9.84 Å². The van der Waals surface area contributed by atoms with Crippen molar-refractivity contribution in [1.82, 2.24) is 15.3 Å². The lowest BCUT2D eigenvalue weighted by Crippen LogP contribution is -2.44. The number of anilines is 1. The first-order valence-corrected chi connectivity index (χ1v) is 13.4. The standard InChI is InChI=1S/C25H30N4O3S/c1-17-21-8-7-20(33(2,30)31)15-23(21)28-25(27-17)29-12-9-19(10-13-29)26-16-24-22-6-4-3-5-18(22)11-14-32-24/h3-8,15,19,24,26H,9-14,16H2,1-2H3. The number of nitrogens with zero attached hydrogens (tertiary/aromatic N) is 3. The third-order valence-corrected chi connectivity index (χ3v) is 7.85. The number of fused-ring (bicyclic) bond motifs is 2. The van der Waals surface area contributed by atoms with Crippen LogP contribution < -0.4 is 10.2 Å². The van der Waals surface area contributed by atoms with E-state index >= 15 is 0 Å². The van der Waals surface area contributed by atoms with E-state index in [2.05, 4.69) is 34.5 Å². The molecule has 7 nitrogen and oxygen atoms in total. The van der Waals surface area contributed by atoms with E-state index in [0.717, 1.165) is 56.6 Å². The second-order valence-electron chi connectivity index (χ2n) is 9.04. The van der Waals surface area contributed by atoms with Crippen molar-refractivity contribution < 1.29 is 13.2 Å². The minimum atomic E-state index is -3.28. The highest BCUT2D eigenvalue weighted by atomic mass is 32.2. The third-order valence-electron chi connectivity index (χ3n) is 6.74. The molecule has 1 aromatic heterocycles. The molecule has 2 aromatic carbocycles. The lowest BCUT2D eigenvalue weighted by Gasteiger charge is -2.34. The molecule has 174 valence electrons. The van der Waals surface area contributed by atoms with Crippen molar-refractivity contribution in [3.8, 4) is 0 Å². The molecule has 1 saturated heterocycles. The lowest BCUT2D eigenvalue weighted by molar-refractivity contribution is 0.0400. The van der Waals surface area contributed by atoms with E-state index < -0.39 is 9.84 Å². The second-order valence-corrected chi connectivity index (χ2v) is 11.1. The Morgan fingerprint density at radius 3 is 2.70 bits per heavy atom. The zero-order valence-corrected chi connectivity index (χ0v) is 19.9. The molecule has 1 fully saturated rings. The number of aromatic nitrogens is 2. The number of ether oxygens (including phenoxy) is 1. The van der Waals surface area contributed by atoms with Gasteiger partial charge in [-0.2, -0.15) is 0 Å². The monoisotopic (exact) mass is 466 g/mol. The molecule has 0 bridgehead atoms. The minimum absolute atomic E-state index is 0.114. The predicted molar refractivity (Wildman–Crippen MR) is 129 cm³/mol. The molecule has 2 aliphatic rings. The molecule has 1 N–H and O–H groups in total. The summed E-state index contributed by atoms with van der Waals surface area (Å²) in [6, 6.07) is 14.1. The quantitative estimate of drug-likeness (QED) is 0.618. The van der Waals surface area contributed by atoms with Crippen LogP contribution in [0.25, 0.3) is 10.9 Å². The lowest BCUT2D eigenvalue weighted by atomic mass is 9.97. The minimum Gasteiger partial charge on any atom is -0.372 e. The SMILES string of the molecule is Cc1nc(N2CCC(NCC3OCCc4ccccc43)CC2)nc2cc(S(C)(=O)=O)ccc12. The van der Waals surface area contributed by atoms with Gasteiger partial charge in [-0.25, -0.2) is 18.4 Å². The average molecular weight is 467 g/mol. The Kier molecular flexibility index (Phi) is 6.07. The van der Waals surface area contributed by atoms with E-state index in [1.54, 1.807) is 18.2 Å². The van der Waals surface area contributed by atoms with Gasteiger partial charge >= 0.3 is 0 Å². The molecular weight excluding hydrogens is 436 g/mol. The first-order valence-electron chi connectivity index (χ1n) is 11.5. The van der Waals surface area contributed by atoms with Crippen LogP contribution in [0, 0.1) is 6.92 Å². The molecule has 0 saturated carbocycles. The van der Waals surface area contributed by atoms with Gasteiger partial charge in [0, 0.05) is 37.3 Å². The summed E-state index contributed by atoms with van der Waals surface area (Å²) in [5.41, 5.74) is 4.24. The fourth-order valence-corrected chi connectivity index (χ4v) is 5.47. The van der Waals surface area contributed by atoms with Crippen molar-refractivity contribution in [2.75, 3.05) is 37.4 Å². The molecule has 3 aromatic rings. The van der Waals surface area contributed by atoms with Crippen LogP contribution >= 0.6 is 0 Å². The zero-order chi connectivity index (χ0) is 23.0.